The molecule has 1 aliphatic carbocycles. The Kier molecular flexibility index (Phi) is 5.02. The van der Waals surface area contributed by atoms with Crippen molar-refractivity contribution in [3.8, 4) is 0 Å². The summed E-state index contributed by atoms with van der Waals surface area (Å²) in [4.78, 5) is 33.9. The van der Waals surface area contributed by atoms with Crippen molar-refractivity contribution in [1.82, 2.24) is 5.32 Å². The summed E-state index contributed by atoms with van der Waals surface area (Å²) >= 11 is 2.29. The van der Waals surface area contributed by atoms with Gasteiger partial charge in [0.15, 0.2) is 0 Å². The predicted octanol–water partition coefficient (Wildman–Crippen LogP) is 1.40. The van der Waals surface area contributed by atoms with Gasteiger partial charge in [-0.3, -0.25) is 14.4 Å². The van der Waals surface area contributed by atoms with E-state index in [0.29, 0.717) is 10.6 Å². The van der Waals surface area contributed by atoms with Gasteiger partial charge >= 0.3 is 5.97 Å². The summed E-state index contributed by atoms with van der Waals surface area (Å²) < 4.78 is 0. The van der Waals surface area contributed by atoms with Crippen LogP contribution in [0.15, 0.2) is 11.4 Å². The molecule has 1 heterocycles. The van der Waals surface area contributed by atoms with Crippen molar-refractivity contribution in [3.05, 3.63) is 17.0 Å². The molecule has 0 spiro atoms. The van der Waals surface area contributed by atoms with Gasteiger partial charge in [0.1, 0.15) is 5.00 Å². The number of amides is 2. The van der Waals surface area contributed by atoms with E-state index in [9.17, 15) is 14.4 Å². The lowest BCUT2D eigenvalue weighted by molar-refractivity contribution is -0.133. The number of carboxylic acid groups (broad SMARTS) is 1. The van der Waals surface area contributed by atoms with Gasteiger partial charge < -0.3 is 15.7 Å². The number of nitrogens with one attached hydrogen (secondary N) is 2. The third-order valence-corrected chi connectivity index (χ3v) is 4.28. The average Bonchev–Trinajstić information content (AvgIpc) is 3.05. The number of thioether (sulfide) groups is 1. The van der Waals surface area contributed by atoms with E-state index in [1.54, 1.807) is 11.4 Å². The maximum absolute atomic E-state index is 11.9. The third-order valence-electron chi connectivity index (χ3n) is 2.53. The fourth-order valence-corrected chi connectivity index (χ4v) is 2.80. The fraction of sp³-hybridized carbons (Fsp3) is 0.417. The summed E-state index contributed by atoms with van der Waals surface area (Å²) in [6, 6.07) is 1.93. The van der Waals surface area contributed by atoms with Gasteiger partial charge in [-0.2, -0.15) is 0 Å². The van der Waals surface area contributed by atoms with Crippen LogP contribution in [-0.4, -0.2) is 40.4 Å². The smallest absolute Gasteiger partial charge is 0.313 e. The molecule has 0 atom stereocenters. The molecule has 0 radical (unpaired) electrons. The highest BCUT2D eigenvalue weighted by atomic mass is 32.2. The van der Waals surface area contributed by atoms with Gasteiger partial charge in [0, 0.05) is 6.04 Å². The van der Waals surface area contributed by atoms with Crippen LogP contribution in [0, 0.1) is 0 Å². The molecule has 2 amide bonds. The maximum Gasteiger partial charge on any atom is 0.313 e. The van der Waals surface area contributed by atoms with Crippen LogP contribution in [0.2, 0.25) is 0 Å². The quantitative estimate of drug-likeness (QED) is 0.707. The van der Waals surface area contributed by atoms with E-state index in [0.717, 1.165) is 24.6 Å². The van der Waals surface area contributed by atoms with E-state index in [-0.39, 0.29) is 29.4 Å². The Morgan fingerprint density at radius 2 is 2.10 bits per heavy atom. The molecule has 0 aromatic carbocycles. The number of thiophene rings is 1. The Morgan fingerprint density at radius 1 is 1.35 bits per heavy atom. The van der Waals surface area contributed by atoms with Crippen molar-refractivity contribution in [2.45, 2.75) is 18.9 Å². The molecular weight excluding hydrogens is 300 g/mol. The molecule has 6 nitrogen and oxygen atoms in total. The lowest BCUT2D eigenvalue weighted by Gasteiger charge is -2.06. The van der Waals surface area contributed by atoms with Gasteiger partial charge in [0.05, 0.1) is 17.1 Å². The first kappa shape index (κ1) is 14.9. The van der Waals surface area contributed by atoms with Gasteiger partial charge in [0.25, 0.3) is 5.91 Å². The third kappa shape index (κ3) is 4.53. The van der Waals surface area contributed by atoms with E-state index in [4.69, 9.17) is 5.11 Å². The Morgan fingerprint density at radius 3 is 2.75 bits per heavy atom. The summed E-state index contributed by atoms with van der Waals surface area (Å²) in [6.07, 6.45) is 2.01. The second-order valence-corrected chi connectivity index (χ2v) is 6.25. The van der Waals surface area contributed by atoms with E-state index in [1.807, 2.05) is 0 Å². The second kappa shape index (κ2) is 6.76. The molecule has 1 aliphatic rings. The van der Waals surface area contributed by atoms with Crippen molar-refractivity contribution in [3.63, 3.8) is 0 Å². The first-order valence-electron chi connectivity index (χ1n) is 6.04. The molecule has 0 aliphatic heterocycles. The summed E-state index contributed by atoms with van der Waals surface area (Å²) in [5.74, 6) is -1.51. The van der Waals surface area contributed by atoms with E-state index >= 15 is 0 Å². The molecule has 1 aromatic rings. The normalized spacial score (nSPS) is 13.8. The van der Waals surface area contributed by atoms with Crippen LogP contribution in [0.1, 0.15) is 23.2 Å². The molecule has 1 aromatic heterocycles. The second-order valence-electron chi connectivity index (χ2n) is 4.35. The van der Waals surface area contributed by atoms with E-state index < -0.39 is 5.97 Å². The highest BCUT2D eigenvalue weighted by Gasteiger charge is 2.25. The van der Waals surface area contributed by atoms with Gasteiger partial charge in [-0.1, -0.05) is 0 Å². The van der Waals surface area contributed by atoms with Crippen LogP contribution < -0.4 is 10.6 Å². The largest absolute Gasteiger partial charge is 0.481 e. The lowest BCUT2D eigenvalue weighted by Crippen LogP contribution is -2.26. The van der Waals surface area contributed by atoms with E-state index in [1.165, 1.54) is 11.3 Å². The monoisotopic (exact) mass is 314 g/mol. The fourth-order valence-electron chi connectivity index (χ4n) is 1.47. The lowest BCUT2D eigenvalue weighted by atomic mass is 10.3. The number of aliphatic carboxylic acids is 1. The Labute approximate surface area is 123 Å². The summed E-state index contributed by atoms with van der Waals surface area (Å²) in [5.41, 5.74) is 0.457. The maximum atomic E-state index is 11.9. The zero-order valence-electron chi connectivity index (χ0n) is 10.5. The predicted molar refractivity (Wildman–Crippen MR) is 78.4 cm³/mol. The van der Waals surface area contributed by atoms with Crippen LogP contribution in [0.5, 0.6) is 0 Å². The van der Waals surface area contributed by atoms with Gasteiger partial charge in [0.2, 0.25) is 5.91 Å². The SMILES string of the molecule is O=C(O)CSCC(=O)Nc1sccc1C(=O)NC1CC1. The minimum Gasteiger partial charge on any atom is -0.481 e. The topological polar surface area (TPSA) is 95.5 Å². The molecule has 1 fully saturated rings. The molecule has 8 heteroatoms. The number of carboxylic acids is 1. The molecule has 1 saturated carbocycles. The molecule has 3 N–H and O–H groups in total. The van der Waals surface area contributed by atoms with Gasteiger partial charge in [-0.05, 0) is 24.3 Å². The number of carbonyl (C=O) groups is 3. The zero-order valence-corrected chi connectivity index (χ0v) is 12.2. The molecule has 108 valence electrons. The molecule has 0 saturated heterocycles. The number of rotatable bonds is 7. The highest BCUT2D eigenvalue weighted by Crippen LogP contribution is 2.25. The van der Waals surface area contributed by atoms with Crippen molar-refractivity contribution in [1.29, 1.82) is 0 Å². The minimum absolute atomic E-state index is 0.0495. The van der Waals surface area contributed by atoms with Gasteiger partial charge in [-0.15, -0.1) is 23.1 Å². The van der Waals surface area contributed by atoms with Crippen molar-refractivity contribution < 1.29 is 19.5 Å². The number of carbonyl (C=O) groups excluding carboxylic acids is 2. The van der Waals surface area contributed by atoms with Crippen LogP contribution in [0.4, 0.5) is 5.00 Å². The first-order valence-corrected chi connectivity index (χ1v) is 8.07. The van der Waals surface area contributed by atoms with Crippen molar-refractivity contribution in [2.24, 2.45) is 0 Å². The Balaban J connectivity index is 1.85. The minimum atomic E-state index is -0.955. The average molecular weight is 314 g/mol. The van der Waals surface area contributed by atoms with Crippen molar-refractivity contribution >= 4 is 45.9 Å². The number of hydrogen-bond donors (Lipinski definition) is 3. The summed E-state index contributed by atoms with van der Waals surface area (Å²) in [7, 11) is 0. The number of hydrogen-bond acceptors (Lipinski definition) is 5. The van der Waals surface area contributed by atoms with Crippen LogP contribution >= 0.6 is 23.1 Å². The highest BCUT2D eigenvalue weighted by molar-refractivity contribution is 8.00. The molecule has 0 bridgehead atoms. The summed E-state index contributed by atoms with van der Waals surface area (Å²) in [5, 5.41) is 16.2. The molecule has 0 unspecified atom stereocenters. The standard InChI is InChI=1S/C12H14N2O4S2/c15-9(5-19-6-10(16)17)14-12-8(3-4-20-12)11(18)13-7-1-2-7/h3-4,7H,1-2,5-6H2,(H,13,18)(H,14,15)(H,16,17). The Bertz CT molecular complexity index is 525. The zero-order chi connectivity index (χ0) is 14.5. The molecular formula is C12H14N2O4S2. The van der Waals surface area contributed by atoms with Crippen molar-refractivity contribution in [2.75, 3.05) is 16.8 Å². The van der Waals surface area contributed by atoms with Crippen LogP contribution in [0.3, 0.4) is 0 Å². The Hall–Kier alpha value is -1.54. The number of anilines is 1. The van der Waals surface area contributed by atoms with E-state index in [2.05, 4.69) is 10.6 Å². The van der Waals surface area contributed by atoms with Crippen LogP contribution in [-0.2, 0) is 9.59 Å². The molecule has 2 rings (SSSR count). The van der Waals surface area contributed by atoms with Crippen LogP contribution in [0.25, 0.3) is 0 Å². The summed E-state index contributed by atoms with van der Waals surface area (Å²) in [6.45, 7) is 0. The van der Waals surface area contributed by atoms with Gasteiger partial charge in [-0.25, -0.2) is 0 Å². The first-order chi connectivity index (χ1) is 9.56. The molecule has 20 heavy (non-hydrogen) atoms.